The molecule has 0 fully saturated rings. The van der Waals surface area contributed by atoms with Crippen molar-refractivity contribution in [2.45, 2.75) is 33.1 Å². The van der Waals surface area contributed by atoms with Crippen LogP contribution in [0.15, 0.2) is 22.7 Å². The average Bonchev–Trinajstić information content (AvgIpc) is 2.31. The molecule has 0 spiro atoms. The molecule has 1 rings (SSSR count). The maximum Gasteiger partial charge on any atom is 0.0728 e. The number of halogens is 1. The van der Waals surface area contributed by atoms with Crippen LogP contribution in [0.1, 0.15) is 25.0 Å². The lowest BCUT2D eigenvalue weighted by Crippen LogP contribution is -2.09. The Kier molecular flexibility index (Phi) is 7.51. The van der Waals surface area contributed by atoms with Crippen LogP contribution in [-0.4, -0.2) is 26.4 Å². The summed E-state index contributed by atoms with van der Waals surface area (Å²) in [5, 5.41) is 3.13. The topological polar surface area (TPSA) is 30.5 Å². The van der Waals surface area contributed by atoms with E-state index in [1.54, 1.807) is 0 Å². The minimum atomic E-state index is 0.265. The zero-order valence-electron chi connectivity index (χ0n) is 11.3. The van der Waals surface area contributed by atoms with E-state index in [1.165, 1.54) is 11.1 Å². The Morgan fingerprint density at radius 2 is 2.06 bits per heavy atom. The second-order valence-electron chi connectivity index (χ2n) is 4.43. The summed E-state index contributed by atoms with van der Waals surface area (Å²) < 4.78 is 12.1. The molecule has 0 aliphatic heterocycles. The maximum absolute atomic E-state index is 5.58. The third-order valence-electron chi connectivity index (χ3n) is 2.43. The first-order valence-corrected chi connectivity index (χ1v) is 7.04. The van der Waals surface area contributed by atoms with Gasteiger partial charge in [-0.25, -0.2) is 0 Å². The molecule has 102 valence electrons. The van der Waals surface area contributed by atoms with Gasteiger partial charge in [-0.05, 0) is 38.1 Å². The van der Waals surface area contributed by atoms with E-state index in [2.05, 4.69) is 39.4 Å². The first-order chi connectivity index (χ1) is 8.63. The van der Waals surface area contributed by atoms with E-state index in [-0.39, 0.29) is 6.10 Å². The summed E-state index contributed by atoms with van der Waals surface area (Å²) in [6, 6.07) is 6.34. The van der Waals surface area contributed by atoms with Gasteiger partial charge >= 0.3 is 0 Å². The van der Waals surface area contributed by atoms with Gasteiger partial charge in [0.1, 0.15) is 0 Å². The van der Waals surface area contributed by atoms with Crippen LogP contribution in [0.2, 0.25) is 0 Å². The molecule has 0 bridgehead atoms. The van der Waals surface area contributed by atoms with Crippen LogP contribution in [0, 0.1) is 0 Å². The highest BCUT2D eigenvalue weighted by molar-refractivity contribution is 9.10. The number of hydrogen-bond donors (Lipinski definition) is 1. The van der Waals surface area contributed by atoms with E-state index in [0.717, 1.165) is 11.0 Å². The number of rotatable bonds is 8. The standard InChI is InChI=1S/C14H22BrNO2/c1-11(2)18-7-6-17-10-13-5-4-12(9-16-3)8-14(13)15/h4-5,8,11,16H,6-7,9-10H2,1-3H3. The largest absolute Gasteiger partial charge is 0.376 e. The fraction of sp³-hybridized carbons (Fsp3) is 0.571. The quantitative estimate of drug-likeness (QED) is 0.748. The Morgan fingerprint density at radius 1 is 1.28 bits per heavy atom. The van der Waals surface area contributed by atoms with Gasteiger partial charge in [0.2, 0.25) is 0 Å². The second-order valence-corrected chi connectivity index (χ2v) is 5.28. The van der Waals surface area contributed by atoms with Crippen molar-refractivity contribution in [1.29, 1.82) is 0 Å². The summed E-state index contributed by atoms with van der Waals surface area (Å²) in [7, 11) is 1.94. The van der Waals surface area contributed by atoms with Crippen molar-refractivity contribution in [2.24, 2.45) is 0 Å². The van der Waals surface area contributed by atoms with E-state index in [9.17, 15) is 0 Å². The molecule has 0 heterocycles. The molecule has 4 heteroatoms. The van der Waals surface area contributed by atoms with Crippen LogP contribution in [-0.2, 0) is 22.6 Å². The Hall–Kier alpha value is -0.420. The lowest BCUT2D eigenvalue weighted by molar-refractivity contribution is 0.0142. The van der Waals surface area contributed by atoms with Gasteiger partial charge in [-0.1, -0.05) is 28.1 Å². The molecule has 0 aliphatic rings. The molecular weight excluding hydrogens is 294 g/mol. The van der Waals surface area contributed by atoms with E-state index in [4.69, 9.17) is 9.47 Å². The third kappa shape index (κ3) is 5.96. The maximum atomic E-state index is 5.58. The van der Waals surface area contributed by atoms with Crippen molar-refractivity contribution >= 4 is 15.9 Å². The van der Waals surface area contributed by atoms with Gasteiger partial charge in [0.25, 0.3) is 0 Å². The molecular formula is C14H22BrNO2. The highest BCUT2D eigenvalue weighted by Crippen LogP contribution is 2.19. The normalized spacial score (nSPS) is 11.2. The second kappa shape index (κ2) is 8.64. The van der Waals surface area contributed by atoms with Crippen molar-refractivity contribution < 1.29 is 9.47 Å². The Morgan fingerprint density at radius 3 is 2.67 bits per heavy atom. The first kappa shape index (κ1) is 15.6. The van der Waals surface area contributed by atoms with Crippen molar-refractivity contribution in [3.05, 3.63) is 33.8 Å². The Bertz CT molecular complexity index is 356. The zero-order valence-corrected chi connectivity index (χ0v) is 12.9. The molecule has 0 saturated heterocycles. The van der Waals surface area contributed by atoms with Crippen molar-refractivity contribution in [3.8, 4) is 0 Å². The van der Waals surface area contributed by atoms with Crippen molar-refractivity contribution in [3.63, 3.8) is 0 Å². The number of nitrogens with one attached hydrogen (secondary N) is 1. The van der Waals surface area contributed by atoms with Gasteiger partial charge in [0, 0.05) is 11.0 Å². The first-order valence-electron chi connectivity index (χ1n) is 6.24. The fourth-order valence-corrected chi connectivity index (χ4v) is 2.09. The van der Waals surface area contributed by atoms with Crippen LogP contribution in [0.3, 0.4) is 0 Å². The van der Waals surface area contributed by atoms with Gasteiger partial charge in [-0.3, -0.25) is 0 Å². The predicted molar refractivity (Wildman–Crippen MR) is 77.6 cm³/mol. The summed E-state index contributed by atoms with van der Waals surface area (Å²) >= 11 is 3.57. The average molecular weight is 316 g/mol. The fourth-order valence-electron chi connectivity index (χ4n) is 1.55. The molecule has 0 aromatic heterocycles. The van der Waals surface area contributed by atoms with Gasteiger partial charge in [0.15, 0.2) is 0 Å². The lowest BCUT2D eigenvalue weighted by atomic mass is 10.1. The summed E-state index contributed by atoms with van der Waals surface area (Å²) in [4.78, 5) is 0. The van der Waals surface area contributed by atoms with Crippen LogP contribution < -0.4 is 5.32 Å². The highest BCUT2D eigenvalue weighted by Gasteiger charge is 2.02. The van der Waals surface area contributed by atoms with E-state index in [0.29, 0.717) is 19.8 Å². The summed E-state index contributed by atoms with van der Waals surface area (Å²) in [5.74, 6) is 0. The van der Waals surface area contributed by atoms with Crippen LogP contribution >= 0.6 is 15.9 Å². The van der Waals surface area contributed by atoms with Crippen LogP contribution in [0.25, 0.3) is 0 Å². The van der Waals surface area contributed by atoms with Gasteiger partial charge < -0.3 is 14.8 Å². The molecule has 1 aromatic rings. The van der Waals surface area contributed by atoms with E-state index >= 15 is 0 Å². The summed E-state index contributed by atoms with van der Waals surface area (Å²) in [6.07, 6.45) is 0.265. The third-order valence-corrected chi connectivity index (χ3v) is 3.17. The molecule has 3 nitrogen and oxygen atoms in total. The molecule has 18 heavy (non-hydrogen) atoms. The smallest absolute Gasteiger partial charge is 0.0728 e. The van der Waals surface area contributed by atoms with Crippen molar-refractivity contribution in [2.75, 3.05) is 20.3 Å². The van der Waals surface area contributed by atoms with Crippen LogP contribution in [0.4, 0.5) is 0 Å². The summed E-state index contributed by atoms with van der Waals surface area (Å²) in [6.45, 7) is 6.81. The van der Waals surface area contributed by atoms with Crippen LogP contribution in [0.5, 0.6) is 0 Å². The molecule has 0 atom stereocenters. The lowest BCUT2D eigenvalue weighted by Gasteiger charge is -2.10. The van der Waals surface area contributed by atoms with Gasteiger partial charge in [0.05, 0.1) is 25.9 Å². The highest BCUT2D eigenvalue weighted by atomic mass is 79.9. The molecule has 0 saturated carbocycles. The SMILES string of the molecule is CNCc1ccc(COCCOC(C)C)c(Br)c1. The van der Waals surface area contributed by atoms with Gasteiger partial charge in [-0.2, -0.15) is 0 Å². The van der Waals surface area contributed by atoms with Gasteiger partial charge in [-0.15, -0.1) is 0 Å². The van der Waals surface area contributed by atoms with Crippen molar-refractivity contribution in [1.82, 2.24) is 5.32 Å². The summed E-state index contributed by atoms with van der Waals surface area (Å²) in [5.41, 5.74) is 2.43. The number of ether oxygens (including phenoxy) is 2. The molecule has 1 N–H and O–H groups in total. The molecule has 0 aliphatic carbocycles. The monoisotopic (exact) mass is 315 g/mol. The molecule has 0 radical (unpaired) electrons. The van der Waals surface area contributed by atoms with E-state index in [1.807, 2.05) is 20.9 Å². The zero-order chi connectivity index (χ0) is 13.4. The minimum Gasteiger partial charge on any atom is -0.376 e. The Labute approximate surface area is 118 Å². The minimum absolute atomic E-state index is 0.265. The molecule has 1 aromatic carbocycles. The molecule has 0 amide bonds. The Balaban J connectivity index is 2.34. The number of hydrogen-bond acceptors (Lipinski definition) is 3. The molecule has 0 unspecified atom stereocenters. The predicted octanol–water partition coefficient (Wildman–Crippen LogP) is 3.11. The van der Waals surface area contributed by atoms with E-state index < -0.39 is 0 Å². The number of benzene rings is 1.